The van der Waals surface area contributed by atoms with Crippen molar-refractivity contribution in [1.29, 1.82) is 0 Å². The summed E-state index contributed by atoms with van der Waals surface area (Å²) in [5.74, 6) is 0. The molecule has 0 amide bonds. The molecule has 0 unspecified atom stereocenters. The Morgan fingerprint density at radius 2 is 1.70 bits per heavy atom. The molecule has 0 atom stereocenters. The van der Waals surface area contributed by atoms with Crippen LogP contribution >= 0.6 is 0 Å². The topological polar surface area (TPSA) is 49.7 Å². The fraction of sp³-hybridized carbons (Fsp3) is 1.00. The molecular weight excluding hydrogens is 259 g/mol. The number of methoxy groups -OCH3 is 1. The van der Waals surface area contributed by atoms with Crippen molar-refractivity contribution >= 4 is 0 Å². The van der Waals surface area contributed by atoms with Crippen LogP contribution in [0, 0.1) is 35.6 Å². The Hall–Kier alpha value is 1.07. The number of aliphatic hydroxyl groups is 2. The van der Waals surface area contributed by atoms with Crippen LogP contribution in [0.25, 0.3) is 0 Å². The minimum absolute atomic E-state index is 0. The second kappa shape index (κ2) is 16.6. The Kier molecular flexibility index (Phi) is 28.6. The smallest absolute Gasteiger partial charge is 0.0693 e. The standard InChI is InChI=1S/C3H8O2.C3H8O.La/c1-5-3-2-4;1-3(2)4;/h4H,2-3H2,1H3;3-4H,1-2H3;. The second-order valence-electron chi connectivity index (χ2n) is 1.81. The molecule has 0 spiro atoms. The fourth-order valence-corrected chi connectivity index (χ4v) is 0.0913. The molecular formula is C6H16LaO3. The zero-order chi connectivity index (χ0) is 7.70. The van der Waals surface area contributed by atoms with Crippen molar-refractivity contribution in [2.75, 3.05) is 20.3 Å². The first-order valence-electron chi connectivity index (χ1n) is 2.93. The number of hydrogen-bond donors (Lipinski definition) is 2. The quantitative estimate of drug-likeness (QED) is 0.746. The van der Waals surface area contributed by atoms with Crippen LogP contribution in [0.4, 0.5) is 0 Å². The van der Waals surface area contributed by atoms with Crippen molar-refractivity contribution in [2.24, 2.45) is 0 Å². The Morgan fingerprint density at radius 1 is 1.40 bits per heavy atom. The molecule has 1 radical (unpaired) electrons. The third-order valence-corrected chi connectivity index (χ3v) is 0.295. The number of hydrogen-bond acceptors (Lipinski definition) is 3. The molecule has 4 heteroatoms. The molecule has 0 aliphatic heterocycles. The van der Waals surface area contributed by atoms with E-state index < -0.39 is 0 Å². The van der Waals surface area contributed by atoms with Crippen LogP contribution in [-0.2, 0) is 4.74 Å². The van der Waals surface area contributed by atoms with Crippen LogP contribution in [0.5, 0.6) is 0 Å². The van der Waals surface area contributed by atoms with Gasteiger partial charge in [0.25, 0.3) is 0 Å². The van der Waals surface area contributed by atoms with Crippen molar-refractivity contribution in [1.82, 2.24) is 0 Å². The fourth-order valence-electron chi connectivity index (χ4n) is 0.0913. The van der Waals surface area contributed by atoms with Crippen LogP contribution in [0.15, 0.2) is 0 Å². The average Bonchev–Trinajstić information content (AvgIpc) is 1.66. The van der Waals surface area contributed by atoms with E-state index in [1.807, 2.05) is 0 Å². The van der Waals surface area contributed by atoms with Gasteiger partial charge in [0.1, 0.15) is 0 Å². The Labute approximate surface area is 90.4 Å². The van der Waals surface area contributed by atoms with E-state index in [2.05, 4.69) is 4.74 Å². The van der Waals surface area contributed by atoms with Gasteiger partial charge in [0.15, 0.2) is 0 Å². The number of aliphatic hydroxyl groups excluding tert-OH is 2. The maximum atomic E-state index is 8.06. The molecule has 10 heavy (non-hydrogen) atoms. The summed E-state index contributed by atoms with van der Waals surface area (Å²) in [7, 11) is 1.55. The van der Waals surface area contributed by atoms with E-state index in [0.717, 1.165) is 0 Å². The van der Waals surface area contributed by atoms with Gasteiger partial charge in [-0.1, -0.05) is 0 Å². The van der Waals surface area contributed by atoms with E-state index in [1.54, 1.807) is 21.0 Å². The minimum Gasteiger partial charge on any atom is -0.394 e. The first-order chi connectivity index (χ1) is 4.15. The maximum Gasteiger partial charge on any atom is 0.0693 e. The predicted molar refractivity (Wildman–Crippen MR) is 36.3 cm³/mol. The molecule has 0 bridgehead atoms. The van der Waals surface area contributed by atoms with E-state index in [-0.39, 0.29) is 48.3 Å². The molecule has 0 aromatic carbocycles. The predicted octanol–water partition coefficient (Wildman–Crippen LogP) is 0.0122. The average molecular weight is 275 g/mol. The normalized spacial score (nSPS) is 7.80. The van der Waals surface area contributed by atoms with Gasteiger partial charge in [-0.15, -0.1) is 0 Å². The van der Waals surface area contributed by atoms with E-state index in [0.29, 0.717) is 6.61 Å². The summed E-state index contributed by atoms with van der Waals surface area (Å²) in [4.78, 5) is 0. The third kappa shape index (κ3) is 62.6. The van der Waals surface area contributed by atoms with Gasteiger partial charge in [-0.05, 0) is 13.8 Å². The van der Waals surface area contributed by atoms with Crippen molar-refractivity contribution in [3.63, 3.8) is 0 Å². The number of rotatable bonds is 2. The molecule has 3 nitrogen and oxygen atoms in total. The molecule has 0 rings (SSSR count). The second-order valence-corrected chi connectivity index (χ2v) is 1.81. The molecule has 2 N–H and O–H groups in total. The molecule has 0 heterocycles. The first kappa shape index (κ1) is 17.2. The van der Waals surface area contributed by atoms with Crippen LogP contribution < -0.4 is 0 Å². The van der Waals surface area contributed by atoms with E-state index in [9.17, 15) is 0 Å². The Bertz CT molecular complexity index is 37.2. The minimum atomic E-state index is -0.167. The van der Waals surface area contributed by atoms with Gasteiger partial charge >= 0.3 is 0 Å². The Balaban J connectivity index is -0.0000000910. The summed E-state index contributed by atoms with van der Waals surface area (Å²) in [6.07, 6.45) is -0.167. The van der Waals surface area contributed by atoms with Gasteiger partial charge in [0.05, 0.1) is 13.2 Å². The van der Waals surface area contributed by atoms with Crippen molar-refractivity contribution < 1.29 is 50.5 Å². The molecule has 0 aromatic rings. The van der Waals surface area contributed by atoms with Crippen LogP contribution in [0.3, 0.4) is 0 Å². The summed E-state index contributed by atoms with van der Waals surface area (Å²) in [5, 5.41) is 16.0. The summed E-state index contributed by atoms with van der Waals surface area (Å²) < 4.78 is 4.44. The molecule has 0 fully saturated rings. The van der Waals surface area contributed by atoms with Gasteiger partial charge in [-0.3, -0.25) is 0 Å². The molecule has 0 saturated heterocycles. The van der Waals surface area contributed by atoms with Crippen LogP contribution in [-0.4, -0.2) is 36.6 Å². The van der Waals surface area contributed by atoms with E-state index in [1.165, 1.54) is 0 Å². The van der Waals surface area contributed by atoms with Crippen LogP contribution in [0.1, 0.15) is 13.8 Å². The van der Waals surface area contributed by atoms with E-state index >= 15 is 0 Å². The maximum absolute atomic E-state index is 8.06. The zero-order valence-corrected chi connectivity index (χ0v) is 10.5. The monoisotopic (exact) mass is 275 g/mol. The van der Waals surface area contributed by atoms with Crippen LogP contribution in [0.2, 0.25) is 0 Å². The molecule has 0 aliphatic carbocycles. The molecule has 61 valence electrons. The zero-order valence-electron chi connectivity index (χ0n) is 6.87. The van der Waals surface area contributed by atoms with Gasteiger partial charge in [0, 0.05) is 48.8 Å². The summed E-state index contributed by atoms with van der Waals surface area (Å²) in [6, 6.07) is 0. The van der Waals surface area contributed by atoms with Gasteiger partial charge in [0.2, 0.25) is 0 Å². The van der Waals surface area contributed by atoms with Gasteiger partial charge in [-0.25, -0.2) is 0 Å². The summed E-state index contributed by atoms with van der Waals surface area (Å²) >= 11 is 0. The first-order valence-corrected chi connectivity index (χ1v) is 2.93. The SMILES string of the molecule is CC(C)O.COCCO.[La]. The van der Waals surface area contributed by atoms with Crippen molar-refractivity contribution in [3.8, 4) is 0 Å². The largest absolute Gasteiger partial charge is 0.394 e. The third-order valence-electron chi connectivity index (χ3n) is 0.295. The summed E-state index contributed by atoms with van der Waals surface area (Å²) in [6.45, 7) is 4.01. The Morgan fingerprint density at radius 3 is 1.70 bits per heavy atom. The van der Waals surface area contributed by atoms with Gasteiger partial charge in [-0.2, -0.15) is 0 Å². The van der Waals surface area contributed by atoms with Gasteiger partial charge < -0.3 is 14.9 Å². The molecule has 0 aliphatic rings. The summed E-state index contributed by atoms with van der Waals surface area (Å²) in [5.41, 5.74) is 0. The molecule has 0 saturated carbocycles. The van der Waals surface area contributed by atoms with Crippen molar-refractivity contribution in [2.45, 2.75) is 20.0 Å². The van der Waals surface area contributed by atoms with Crippen molar-refractivity contribution in [3.05, 3.63) is 0 Å². The van der Waals surface area contributed by atoms with E-state index in [4.69, 9.17) is 10.2 Å². The number of ether oxygens (including phenoxy) is 1. The molecule has 0 aromatic heterocycles.